The van der Waals surface area contributed by atoms with E-state index < -0.39 is 67.1 Å². The number of ketones is 6. The summed E-state index contributed by atoms with van der Waals surface area (Å²) in [6.45, 7) is 15.5. The molecule has 0 heterocycles. The van der Waals surface area contributed by atoms with Crippen molar-refractivity contribution < 1.29 is 94.4 Å². The summed E-state index contributed by atoms with van der Waals surface area (Å²) in [6.07, 6.45) is 55.2. The largest absolute Gasteiger partial charge is 0.497 e. The smallest absolute Gasteiger partial charge is 0.155 e. The summed E-state index contributed by atoms with van der Waals surface area (Å²) in [4.78, 5) is 64.4. The van der Waals surface area contributed by atoms with E-state index >= 15 is 0 Å². The Morgan fingerprint density at radius 3 is 1.00 bits per heavy atom. The number of Topliss-reactive ketones (excluding diaryl/α,β-unsaturated/α-hetero) is 6. The van der Waals surface area contributed by atoms with Crippen LogP contribution in [0.3, 0.4) is 0 Å². The maximum Gasteiger partial charge on any atom is 0.155 e. The summed E-state index contributed by atoms with van der Waals surface area (Å²) < 4.78 is 10.1. The second-order valence-corrected chi connectivity index (χ2v) is 31.4. The van der Waals surface area contributed by atoms with Gasteiger partial charge in [-0.15, -0.1) is 30.1 Å². The van der Waals surface area contributed by atoms with Crippen molar-refractivity contribution in [1.82, 2.24) is 0 Å². The Bertz CT molecular complexity index is 4930. The molecule has 19 heteroatoms. The van der Waals surface area contributed by atoms with Crippen molar-refractivity contribution in [3.05, 3.63) is 212 Å². The molecule has 732 valence electrons. The molecule has 0 unspecified atom stereocenters. The molecule has 137 heavy (non-hydrogen) atoms. The van der Waals surface area contributed by atoms with Gasteiger partial charge in [-0.2, -0.15) is 0 Å². The van der Waals surface area contributed by atoms with Gasteiger partial charge < -0.3 is 89.6 Å². The lowest BCUT2D eigenvalue weighted by Crippen LogP contribution is -2.04. The zero-order chi connectivity index (χ0) is 102. The van der Waals surface area contributed by atoms with E-state index in [1.807, 2.05) is 68.4 Å². The summed E-state index contributed by atoms with van der Waals surface area (Å²) in [7, 11) is 1.61. The molecule has 1 aliphatic rings. The Labute approximate surface area is 819 Å². The van der Waals surface area contributed by atoms with Crippen LogP contribution in [0.2, 0.25) is 0 Å². The van der Waals surface area contributed by atoms with Crippen molar-refractivity contribution in [3.63, 3.8) is 0 Å². The van der Waals surface area contributed by atoms with Gasteiger partial charge in [-0.25, -0.2) is 0 Å². The third-order valence-corrected chi connectivity index (χ3v) is 17.5. The highest BCUT2D eigenvalue weighted by Crippen LogP contribution is 2.23. The maximum absolute atomic E-state index is 10.8. The van der Waals surface area contributed by atoms with E-state index in [0.29, 0.717) is 160 Å². The molecule has 2 aromatic carbocycles. The van der Waals surface area contributed by atoms with E-state index in [2.05, 4.69) is 136 Å². The van der Waals surface area contributed by atoms with E-state index in [4.69, 9.17) is 15.9 Å². The first-order chi connectivity index (χ1) is 65.8. The molecule has 11 N–H and O–H groups in total. The molecular formula is C118H146O19. The van der Waals surface area contributed by atoms with Crippen LogP contribution in [0.4, 0.5) is 0 Å². The fourth-order valence-electron chi connectivity index (χ4n) is 10.4. The number of carbonyl (C=O) groups is 6. The Morgan fingerprint density at radius 1 is 0.372 bits per heavy atom. The van der Waals surface area contributed by atoms with Crippen LogP contribution in [0.25, 0.3) is 0 Å². The molecule has 0 saturated heterocycles. The first-order valence-corrected chi connectivity index (χ1v) is 46.3. The van der Waals surface area contributed by atoms with Crippen LogP contribution >= 0.6 is 0 Å². The average Bonchev–Trinajstić information content (AvgIpc) is 0.907. The van der Waals surface area contributed by atoms with Crippen molar-refractivity contribution >= 4 is 34.7 Å². The third kappa shape index (κ3) is 101. The van der Waals surface area contributed by atoms with E-state index in [0.717, 1.165) is 16.9 Å². The SMILES string of the molecule is C#CC[C@@H](O)/C=C/C=C/C#CCCOCC(C)=O.CC#CC[C@@H](O)/C=C/C=C/C#C[C@@H](O)CCCC(C)=O.CC(=O)CCC[C@H](O)C#C/C=C/C=C/[C@H](O)CC#CC(C)C.CC(=O)CCC[C@H](O)C#C/C=C/C=C/[C@H](O)CC#CC1CCCCC1.CC(=O)CCC[C@H](O)C#C/C=C/C=C/[C@H](O)CC#Cc1ccccc1.COc1ccc(C#CC[C@@H](O)/C=C/C=C/C#C[C@@H](O)CCCC(C)=O)cc1. The highest BCUT2D eigenvalue weighted by atomic mass is 16.5. The van der Waals surface area contributed by atoms with Crippen LogP contribution in [-0.2, 0) is 33.5 Å². The van der Waals surface area contributed by atoms with Crippen LogP contribution in [-0.4, -0.2) is 178 Å². The molecule has 19 nitrogen and oxygen atoms in total. The number of hydrogen-bond donors (Lipinski definition) is 11. The number of ether oxygens (including phenoxy) is 2. The molecule has 0 amide bonds. The number of hydrogen-bond acceptors (Lipinski definition) is 19. The van der Waals surface area contributed by atoms with Gasteiger partial charge in [0.2, 0.25) is 0 Å². The number of aliphatic hydroxyl groups excluding tert-OH is 11. The van der Waals surface area contributed by atoms with Gasteiger partial charge in [0.25, 0.3) is 0 Å². The van der Waals surface area contributed by atoms with Gasteiger partial charge in [-0.1, -0.05) is 273 Å². The van der Waals surface area contributed by atoms with Gasteiger partial charge in [-0.3, -0.25) is 4.79 Å². The van der Waals surface area contributed by atoms with E-state index in [1.54, 1.807) is 167 Å². The lowest BCUT2D eigenvalue weighted by molar-refractivity contribution is -0.121. The first kappa shape index (κ1) is 129. The number of terminal acetylenes is 1. The van der Waals surface area contributed by atoms with Gasteiger partial charge in [-0.05, 0) is 198 Å². The van der Waals surface area contributed by atoms with Crippen LogP contribution in [0, 0.1) is 154 Å². The molecule has 0 spiro atoms. The molecule has 1 saturated carbocycles. The van der Waals surface area contributed by atoms with Gasteiger partial charge in [0.1, 0.15) is 71.8 Å². The predicted molar refractivity (Wildman–Crippen MR) is 551 cm³/mol. The number of benzene rings is 2. The summed E-state index contributed by atoms with van der Waals surface area (Å²) in [5, 5.41) is 106. The minimum Gasteiger partial charge on any atom is -0.497 e. The molecule has 0 radical (unpaired) electrons. The molecule has 3 rings (SSSR count). The normalized spacial score (nSPS) is 13.8. The minimum atomic E-state index is -0.725. The average molecular weight is 1870 g/mol. The summed E-state index contributed by atoms with van der Waals surface area (Å²) in [6, 6.07) is 17.0. The summed E-state index contributed by atoms with van der Waals surface area (Å²) in [5.74, 6) is 67.0. The van der Waals surface area contributed by atoms with Crippen molar-refractivity contribution in [1.29, 1.82) is 0 Å². The zero-order valence-corrected chi connectivity index (χ0v) is 81.8. The van der Waals surface area contributed by atoms with Crippen molar-refractivity contribution in [2.45, 2.75) is 303 Å². The molecule has 2 aromatic rings. The molecule has 0 aliphatic heterocycles. The predicted octanol–water partition coefficient (Wildman–Crippen LogP) is 15.7. The molecular weight excluding hydrogens is 1720 g/mol. The zero-order valence-electron chi connectivity index (χ0n) is 81.8. The lowest BCUT2D eigenvalue weighted by Gasteiger charge is -2.15. The number of methoxy groups -OCH3 is 1. The second kappa shape index (κ2) is 93.8. The van der Waals surface area contributed by atoms with Crippen molar-refractivity contribution in [2.24, 2.45) is 11.8 Å². The topological polar surface area (TPSA) is 343 Å². The van der Waals surface area contributed by atoms with Crippen LogP contribution in [0.15, 0.2) is 200 Å². The minimum absolute atomic E-state index is 0.0125. The standard InChI is InChI=1S/C23H26O4.C22H30O3.C22H24O3.C19H26O3.C17H22O3.C15H18O3/c1-19(24)9-7-13-21(25)11-5-3-4-6-12-22(26)14-8-10-20-15-17-23(27-2)18-16-20;2*1-19(23)11-9-17-21(24)15-7-2-3-8-16-22(25)18-10-14-20-12-5-4-6-13-20;1-16(2)10-8-14-18(21)12-6-4-5-7-13-19(22)15-9-11-17(3)20;1-3-4-11-16(19)12-7-5-6-8-13-17(20)14-9-10-15(2)18;1-3-10-15(17)11-8-6-4-5-7-9-12-18-13-14(2)16/h3-4,6,12,15-18,21-22,25-26H,7,9,13-14H2,1-2H3;2-3,8,16,20-22,24-25H,4-6,9,11-13,17-18H2,1H3;2-6,8,12-13,16,21-22,24-25H,9,11,17-18H2,1H3;4-6,12,16,18-19,21-22H,9,11,14-15H2,1-3H3;5-7,12,16-17,19-20H,9-11,14H2,1-2H3;1,4,6,8,11,15,17H,9-10,12-13H2,2H3/b4-3+,12-6+;2*3-2+,16-8+;5-4+,12-6+;6-5+,12-7+;6-4+,11-8+/t3*21-,22+;18-,19+;16-,17-;15-/m111011/s1. The van der Waals surface area contributed by atoms with Gasteiger partial charge >= 0.3 is 0 Å². The molecule has 1 fully saturated rings. The number of allylic oxidation sites excluding steroid dienone is 18. The van der Waals surface area contributed by atoms with Crippen LogP contribution < -0.4 is 4.74 Å². The van der Waals surface area contributed by atoms with E-state index in [9.17, 15) is 84.9 Å². The van der Waals surface area contributed by atoms with Gasteiger partial charge in [0.15, 0.2) is 5.78 Å². The van der Waals surface area contributed by atoms with Crippen molar-refractivity contribution in [3.8, 4) is 148 Å². The van der Waals surface area contributed by atoms with Crippen LogP contribution in [0.5, 0.6) is 5.75 Å². The highest BCUT2D eigenvalue weighted by molar-refractivity contribution is 5.77. The number of aliphatic hydroxyl groups is 11. The van der Waals surface area contributed by atoms with Gasteiger partial charge in [0, 0.05) is 100 Å². The molecule has 1 aliphatic carbocycles. The maximum atomic E-state index is 10.8. The van der Waals surface area contributed by atoms with Crippen LogP contribution in [0.1, 0.15) is 247 Å². The first-order valence-electron chi connectivity index (χ1n) is 46.3. The molecule has 11 atom stereocenters. The molecule has 0 aromatic heterocycles. The second-order valence-electron chi connectivity index (χ2n) is 31.4. The Morgan fingerprint density at radius 2 is 0.686 bits per heavy atom. The number of rotatable bonds is 43. The van der Waals surface area contributed by atoms with E-state index in [1.165, 1.54) is 66.7 Å². The summed E-state index contributed by atoms with van der Waals surface area (Å²) >= 11 is 0. The van der Waals surface area contributed by atoms with E-state index in [-0.39, 0.29) is 41.3 Å². The quantitative estimate of drug-likeness (QED) is 0.0167. The lowest BCUT2D eigenvalue weighted by atomic mass is 9.90. The fourth-order valence-corrected chi connectivity index (χ4v) is 10.4. The Kier molecular flexibility index (Phi) is 88.0. The highest BCUT2D eigenvalue weighted by Gasteiger charge is 2.11. The fraction of sp³-hybridized carbons (Fsp3) is 0.441. The Balaban J connectivity index is -0.00000158. The number of carbonyl (C=O) groups excluding carboxylic acids is 6. The third-order valence-electron chi connectivity index (χ3n) is 17.5. The van der Waals surface area contributed by atoms with Crippen molar-refractivity contribution in [2.75, 3.05) is 20.3 Å². The van der Waals surface area contributed by atoms with Gasteiger partial charge in [0.05, 0.1) is 50.3 Å². The Hall–Kier alpha value is -12.6. The monoisotopic (exact) mass is 1870 g/mol. The molecule has 0 bridgehead atoms. The summed E-state index contributed by atoms with van der Waals surface area (Å²) in [5.41, 5.74) is 1.79.